The maximum atomic E-state index is 13.0. The van der Waals surface area contributed by atoms with Crippen LogP contribution in [-0.4, -0.2) is 48.0 Å². The Kier molecular flexibility index (Phi) is 6.11. The summed E-state index contributed by atoms with van der Waals surface area (Å²) in [6, 6.07) is 6.50. The SMILES string of the molecule is CN(CCc1cccc(F)c1)C(CO)CCO. The van der Waals surface area contributed by atoms with Crippen LogP contribution in [0.4, 0.5) is 4.39 Å². The summed E-state index contributed by atoms with van der Waals surface area (Å²) in [5.74, 6) is -0.223. The zero-order chi connectivity index (χ0) is 12.7. The predicted octanol–water partition coefficient (Wildman–Crippen LogP) is 1.04. The maximum absolute atomic E-state index is 13.0. The first-order valence-electron chi connectivity index (χ1n) is 5.83. The van der Waals surface area contributed by atoms with Crippen molar-refractivity contribution in [2.24, 2.45) is 0 Å². The maximum Gasteiger partial charge on any atom is 0.123 e. The van der Waals surface area contributed by atoms with Gasteiger partial charge in [-0.05, 0) is 37.6 Å². The summed E-state index contributed by atoms with van der Waals surface area (Å²) >= 11 is 0. The van der Waals surface area contributed by atoms with E-state index in [4.69, 9.17) is 10.2 Å². The molecule has 0 radical (unpaired) electrons. The highest BCUT2D eigenvalue weighted by molar-refractivity contribution is 5.16. The first kappa shape index (κ1) is 14.1. The molecule has 0 saturated heterocycles. The van der Waals surface area contributed by atoms with Crippen molar-refractivity contribution in [1.82, 2.24) is 4.90 Å². The summed E-state index contributed by atoms with van der Waals surface area (Å²) in [6.07, 6.45) is 1.28. The number of aliphatic hydroxyl groups excluding tert-OH is 2. The molecule has 2 N–H and O–H groups in total. The van der Waals surface area contributed by atoms with Crippen molar-refractivity contribution in [2.75, 3.05) is 26.8 Å². The van der Waals surface area contributed by atoms with E-state index in [1.165, 1.54) is 12.1 Å². The van der Waals surface area contributed by atoms with E-state index in [-0.39, 0.29) is 25.1 Å². The van der Waals surface area contributed by atoms with E-state index in [1.807, 2.05) is 18.0 Å². The lowest BCUT2D eigenvalue weighted by Gasteiger charge is -2.25. The highest BCUT2D eigenvalue weighted by Gasteiger charge is 2.12. The molecule has 0 fully saturated rings. The lowest BCUT2D eigenvalue weighted by molar-refractivity contribution is 0.120. The number of benzene rings is 1. The molecule has 0 heterocycles. The van der Waals surface area contributed by atoms with Gasteiger partial charge in [-0.15, -0.1) is 0 Å². The molecule has 0 aromatic heterocycles. The number of rotatable bonds is 7. The lowest BCUT2D eigenvalue weighted by atomic mass is 10.1. The molecule has 0 amide bonds. The number of halogens is 1. The van der Waals surface area contributed by atoms with Gasteiger partial charge in [0.2, 0.25) is 0 Å². The molecular weight excluding hydrogens is 221 g/mol. The number of likely N-dealkylation sites (N-methyl/N-ethyl adjacent to an activating group) is 1. The van der Waals surface area contributed by atoms with Gasteiger partial charge in [-0.1, -0.05) is 12.1 Å². The molecule has 0 saturated carbocycles. The third-order valence-electron chi connectivity index (χ3n) is 2.94. The van der Waals surface area contributed by atoms with E-state index < -0.39 is 0 Å². The van der Waals surface area contributed by atoms with Crippen LogP contribution in [-0.2, 0) is 6.42 Å². The molecule has 0 aliphatic heterocycles. The van der Waals surface area contributed by atoms with Crippen LogP contribution in [0.3, 0.4) is 0 Å². The largest absolute Gasteiger partial charge is 0.396 e. The van der Waals surface area contributed by atoms with E-state index in [0.29, 0.717) is 6.42 Å². The number of nitrogens with zero attached hydrogens (tertiary/aromatic N) is 1. The topological polar surface area (TPSA) is 43.7 Å². The van der Waals surface area contributed by atoms with E-state index in [2.05, 4.69) is 0 Å². The molecule has 1 unspecified atom stereocenters. The molecule has 96 valence electrons. The molecule has 1 aromatic rings. The molecule has 3 nitrogen and oxygen atoms in total. The molecule has 0 bridgehead atoms. The summed E-state index contributed by atoms with van der Waals surface area (Å²) in [4.78, 5) is 1.99. The van der Waals surface area contributed by atoms with Crippen LogP contribution in [0.2, 0.25) is 0 Å². The van der Waals surface area contributed by atoms with Crippen LogP contribution in [0.15, 0.2) is 24.3 Å². The van der Waals surface area contributed by atoms with Gasteiger partial charge < -0.3 is 15.1 Å². The summed E-state index contributed by atoms with van der Waals surface area (Å²) in [5.41, 5.74) is 0.942. The molecule has 1 rings (SSSR count). The van der Waals surface area contributed by atoms with Crippen molar-refractivity contribution in [2.45, 2.75) is 18.9 Å². The minimum Gasteiger partial charge on any atom is -0.396 e. The van der Waals surface area contributed by atoms with Gasteiger partial charge in [0.05, 0.1) is 6.61 Å². The highest BCUT2D eigenvalue weighted by atomic mass is 19.1. The predicted molar refractivity (Wildman–Crippen MR) is 65.3 cm³/mol. The van der Waals surface area contributed by atoms with Gasteiger partial charge in [-0.3, -0.25) is 0 Å². The average molecular weight is 241 g/mol. The Morgan fingerprint density at radius 1 is 1.35 bits per heavy atom. The van der Waals surface area contributed by atoms with Crippen molar-refractivity contribution in [1.29, 1.82) is 0 Å². The van der Waals surface area contributed by atoms with E-state index >= 15 is 0 Å². The van der Waals surface area contributed by atoms with Crippen LogP contribution >= 0.6 is 0 Å². The minimum atomic E-state index is -0.223. The average Bonchev–Trinajstić information content (AvgIpc) is 2.33. The molecule has 0 spiro atoms. The van der Waals surface area contributed by atoms with Crippen LogP contribution in [0.5, 0.6) is 0 Å². The van der Waals surface area contributed by atoms with Gasteiger partial charge in [0, 0.05) is 19.2 Å². The number of hydrogen-bond donors (Lipinski definition) is 2. The first-order chi connectivity index (χ1) is 8.17. The number of aliphatic hydroxyl groups is 2. The normalized spacial score (nSPS) is 13.0. The zero-order valence-corrected chi connectivity index (χ0v) is 10.1. The quantitative estimate of drug-likeness (QED) is 0.749. The monoisotopic (exact) mass is 241 g/mol. The standard InChI is InChI=1S/C13H20FNO2/c1-15(13(10-17)6-8-16)7-5-11-3-2-4-12(14)9-11/h2-4,9,13,16-17H,5-8,10H2,1H3. The Morgan fingerprint density at radius 2 is 2.12 bits per heavy atom. The Morgan fingerprint density at radius 3 is 2.71 bits per heavy atom. The van der Waals surface area contributed by atoms with Crippen LogP contribution in [0, 0.1) is 5.82 Å². The third-order valence-corrected chi connectivity index (χ3v) is 2.94. The molecular formula is C13H20FNO2. The minimum absolute atomic E-state index is 0.0280. The van der Waals surface area contributed by atoms with E-state index in [0.717, 1.165) is 18.5 Å². The van der Waals surface area contributed by atoms with Gasteiger partial charge in [-0.2, -0.15) is 0 Å². The van der Waals surface area contributed by atoms with Crippen molar-refractivity contribution in [3.05, 3.63) is 35.6 Å². The van der Waals surface area contributed by atoms with Crippen molar-refractivity contribution in [3.63, 3.8) is 0 Å². The van der Waals surface area contributed by atoms with Crippen LogP contribution in [0.25, 0.3) is 0 Å². The highest BCUT2D eigenvalue weighted by Crippen LogP contribution is 2.07. The fourth-order valence-electron chi connectivity index (χ4n) is 1.78. The third kappa shape index (κ3) is 4.81. The van der Waals surface area contributed by atoms with Crippen LogP contribution in [0.1, 0.15) is 12.0 Å². The van der Waals surface area contributed by atoms with Gasteiger partial charge >= 0.3 is 0 Å². The summed E-state index contributed by atoms with van der Waals surface area (Å²) in [6.45, 7) is 0.824. The fourth-order valence-corrected chi connectivity index (χ4v) is 1.78. The summed E-state index contributed by atoms with van der Waals surface area (Å²) < 4.78 is 13.0. The molecule has 1 aromatic carbocycles. The molecule has 1 atom stereocenters. The van der Waals surface area contributed by atoms with Gasteiger partial charge in [0.1, 0.15) is 5.82 Å². The summed E-state index contributed by atoms with van der Waals surface area (Å²) in [7, 11) is 1.90. The Labute approximate surface area is 101 Å². The first-order valence-corrected chi connectivity index (χ1v) is 5.83. The smallest absolute Gasteiger partial charge is 0.123 e. The Balaban J connectivity index is 2.44. The second-order valence-electron chi connectivity index (χ2n) is 4.21. The van der Waals surface area contributed by atoms with Crippen molar-refractivity contribution >= 4 is 0 Å². The molecule has 0 aliphatic rings. The van der Waals surface area contributed by atoms with Crippen molar-refractivity contribution < 1.29 is 14.6 Å². The van der Waals surface area contributed by atoms with Gasteiger partial charge in [0.25, 0.3) is 0 Å². The molecule has 4 heteroatoms. The second-order valence-corrected chi connectivity index (χ2v) is 4.21. The zero-order valence-electron chi connectivity index (χ0n) is 10.1. The molecule has 17 heavy (non-hydrogen) atoms. The lowest BCUT2D eigenvalue weighted by Crippen LogP contribution is -2.36. The fraction of sp³-hybridized carbons (Fsp3) is 0.538. The van der Waals surface area contributed by atoms with Crippen molar-refractivity contribution in [3.8, 4) is 0 Å². The Bertz CT molecular complexity index is 333. The van der Waals surface area contributed by atoms with Gasteiger partial charge in [-0.25, -0.2) is 4.39 Å². The summed E-state index contributed by atoms with van der Waals surface area (Å²) in [5, 5.41) is 18.0. The van der Waals surface area contributed by atoms with E-state index in [9.17, 15) is 4.39 Å². The Hall–Kier alpha value is -0.970. The second kappa shape index (κ2) is 7.37. The molecule has 0 aliphatic carbocycles. The van der Waals surface area contributed by atoms with E-state index in [1.54, 1.807) is 6.07 Å². The van der Waals surface area contributed by atoms with Crippen LogP contribution < -0.4 is 0 Å². The van der Waals surface area contributed by atoms with Gasteiger partial charge in [0.15, 0.2) is 0 Å². The number of hydrogen-bond acceptors (Lipinski definition) is 3.